The van der Waals surface area contributed by atoms with Gasteiger partial charge in [-0.2, -0.15) is 0 Å². The van der Waals surface area contributed by atoms with Crippen LogP contribution in [-0.2, 0) is 26.2 Å². The summed E-state index contributed by atoms with van der Waals surface area (Å²) in [5, 5.41) is 3.98. The van der Waals surface area contributed by atoms with Gasteiger partial charge in [0.05, 0.1) is 25.7 Å². The van der Waals surface area contributed by atoms with Gasteiger partial charge in [-0.3, -0.25) is 13.9 Å². The highest BCUT2D eigenvalue weighted by Crippen LogP contribution is 2.31. The lowest BCUT2D eigenvalue weighted by molar-refractivity contribution is -0.140. The standard InChI is InChI=1S/C32H36Cl3N3O4S/c1-3-29(32(40)36-24-9-5-4-6-10-24)37(20-23-15-18-26(33)28(35)19-23)31(39)21-38(30-12-8-7-11-27(30)34)43(41,42)25-16-13-22(2)14-17-25/h7-8,11-19,24,29H,3-6,9-10,20-21H2,1-2H3,(H,36,40)/t29-/m0/s1. The summed E-state index contributed by atoms with van der Waals surface area (Å²) in [4.78, 5) is 29.4. The first-order valence-electron chi connectivity index (χ1n) is 14.4. The number of amides is 2. The van der Waals surface area contributed by atoms with E-state index in [0.717, 1.165) is 42.0 Å². The molecule has 7 nitrogen and oxygen atoms in total. The van der Waals surface area contributed by atoms with Crippen LogP contribution in [0.5, 0.6) is 0 Å². The molecule has 1 saturated carbocycles. The second-order valence-electron chi connectivity index (χ2n) is 10.8. The highest BCUT2D eigenvalue weighted by Gasteiger charge is 2.35. The third kappa shape index (κ3) is 8.24. The summed E-state index contributed by atoms with van der Waals surface area (Å²) in [5.41, 5.74) is 1.70. The molecule has 1 fully saturated rings. The number of hydrogen-bond donors (Lipinski definition) is 1. The Balaban J connectivity index is 1.73. The fourth-order valence-electron chi connectivity index (χ4n) is 5.30. The van der Waals surface area contributed by atoms with E-state index in [1.165, 1.54) is 17.0 Å². The van der Waals surface area contributed by atoms with Crippen molar-refractivity contribution in [2.75, 3.05) is 10.8 Å². The number of aryl methyl sites for hydroxylation is 1. The minimum absolute atomic E-state index is 0.0175. The Kier molecular flexibility index (Phi) is 11.4. The van der Waals surface area contributed by atoms with Gasteiger partial charge in [-0.05, 0) is 68.1 Å². The summed E-state index contributed by atoms with van der Waals surface area (Å²) < 4.78 is 29.0. The molecule has 43 heavy (non-hydrogen) atoms. The van der Waals surface area contributed by atoms with Crippen molar-refractivity contribution >= 4 is 62.3 Å². The van der Waals surface area contributed by atoms with E-state index in [2.05, 4.69) is 5.32 Å². The second-order valence-corrected chi connectivity index (χ2v) is 13.9. The SMILES string of the molecule is CC[C@@H](C(=O)NC1CCCCC1)N(Cc1ccc(Cl)c(Cl)c1)C(=O)CN(c1ccccc1Cl)S(=O)(=O)c1ccc(C)cc1. The molecular weight excluding hydrogens is 629 g/mol. The highest BCUT2D eigenvalue weighted by molar-refractivity contribution is 7.92. The summed E-state index contributed by atoms with van der Waals surface area (Å²) in [6, 6.07) is 17.0. The first kappa shape index (κ1) is 33.1. The van der Waals surface area contributed by atoms with E-state index in [9.17, 15) is 18.0 Å². The third-order valence-corrected chi connectivity index (χ3v) is 10.5. The quantitative estimate of drug-likeness (QED) is 0.231. The molecule has 4 rings (SSSR count). The van der Waals surface area contributed by atoms with Gasteiger partial charge in [0.1, 0.15) is 12.6 Å². The Morgan fingerprint density at radius 1 is 0.907 bits per heavy atom. The van der Waals surface area contributed by atoms with Crippen LogP contribution in [0.2, 0.25) is 15.1 Å². The molecule has 0 radical (unpaired) electrons. The van der Waals surface area contributed by atoms with Crippen LogP contribution in [0.15, 0.2) is 71.6 Å². The molecule has 0 unspecified atom stereocenters. The van der Waals surface area contributed by atoms with Crippen molar-refractivity contribution in [2.45, 2.75) is 75.9 Å². The van der Waals surface area contributed by atoms with Crippen molar-refractivity contribution in [3.05, 3.63) is 92.9 Å². The monoisotopic (exact) mass is 663 g/mol. The minimum atomic E-state index is -4.22. The summed E-state index contributed by atoms with van der Waals surface area (Å²) in [7, 11) is -4.22. The van der Waals surface area contributed by atoms with Crippen molar-refractivity contribution in [3.8, 4) is 0 Å². The fraction of sp³-hybridized carbons (Fsp3) is 0.375. The number of sulfonamides is 1. The molecule has 3 aromatic carbocycles. The molecule has 1 aliphatic carbocycles. The van der Waals surface area contributed by atoms with Gasteiger partial charge in [0.2, 0.25) is 11.8 Å². The maximum atomic E-state index is 14.3. The molecule has 3 aromatic rings. The molecule has 230 valence electrons. The van der Waals surface area contributed by atoms with Crippen molar-refractivity contribution in [2.24, 2.45) is 0 Å². The topological polar surface area (TPSA) is 86.8 Å². The molecule has 1 atom stereocenters. The van der Waals surface area contributed by atoms with Gasteiger partial charge in [-0.25, -0.2) is 8.42 Å². The largest absolute Gasteiger partial charge is 0.352 e. The number of carbonyl (C=O) groups excluding carboxylic acids is 2. The molecule has 0 spiro atoms. The van der Waals surface area contributed by atoms with Gasteiger partial charge < -0.3 is 10.2 Å². The van der Waals surface area contributed by atoms with Crippen molar-refractivity contribution in [3.63, 3.8) is 0 Å². The van der Waals surface area contributed by atoms with Crippen LogP contribution < -0.4 is 9.62 Å². The summed E-state index contributed by atoms with van der Waals surface area (Å²) in [5.74, 6) is -0.833. The molecular formula is C32H36Cl3N3O4S. The number of para-hydroxylation sites is 1. The van der Waals surface area contributed by atoms with Gasteiger partial charge in [-0.1, -0.05) is 96.9 Å². The Hall–Kier alpha value is -2.78. The molecule has 11 heteroatoms. The number of carbonyl (C=O) groups is 2. The van der Waals surface area contributed by atoms with Gasteiger partial charge in [0.15, 0.2) is 0 Å². The van der Waals surface area contributed by atoms with E-state index in [4.69, 9.17) is 34.8 Å². The lowest BCUT2D eigenvalue weighted by atomic mass is 9.95. The smallest absolute Gasteiger partial charge is 0.264 e. The molecule has 2 amide bonds. The van der Waals surface area contributed by atoms with Crippen LogP contribution in [0, 0.1) is 6.92 Å². The number of rotatable bonds is 11. The van der Waals surface area contributed by atoms with Gasteiger partial charge in [0, 0.05) is 12.6 Å². The van der Waals surface area contributed by atoms with Crippen LogP contribution in [0.4, 0.5) is 5.69 Å². The number of nitrogens with one attached hydrogen (secondary N) is 1. The van der Waals surface area contributed by atoms with Crippen LogP contribution in [0.1, 0.15) is 56.6 Å². The summed E-state index contributed by atoms with van der Waals surface area (Å²) in [6.45, 7) is 3.13. The molecule has 0 aromatic heterocycles. The van der Waals surface area contributed by atoms with Crippen molar-refractivity contribution < 1.29 is 18.0 Å². The lowest BCUT2D eigenvalue weighted by Crippen LogP contribution is -2.54. The lowest BCUT2D eigenvalue weighted by Gasteiger charge is -2.34. The van der Waals surface area contributed by atoms with E-state index < -0.39 is 28.5 Å². The van der Waals surface area contributed by atoms with Gasteiger partial charge >= 0.3 is 0 Å². The average molecular weight is 665 g/mol. The van der Waals surface area contributed by atoms with E-state index in [1.807, 2.05) is 13.8 Å². The van der Waals surface area contributed by atoms with E-state index in [-0.39, 0.29) is 34.1 Å². The van der Waals surface area contributed by atoms with Crippen molar-refractivity contribution in [1.82, 2.24) is 10.2 Å². The van der Waals surface area contributed by atoms with Gasteiger partial charge in [-0.15, -0.1) is 0 Å². The first-order chi connectivity index (χ1) is 20.5. The molecule has 0 bridgehead atoms. The second kappa shape index (κ2) is 14.8. The molecule has 0 aliphatic heterocycles. The highest BCUT2D eigenvalue weighted by atomic mass is 35.5. The Labute approximate surface area is 269 Å². The van der Waals surface area contributed by atoms with Crippen molar-refractivity contribution in [1.29, 1.82) is 0 Å². The zero-order valence-electron chi connectivity index (χ0n) is 24.2. The molecule has 0 saturated heterocycles. The Bertz CT molecular complexity index is 1540. The normalized spacial score (nSPS) is 14.6. The van der Waals surface area contributed by atoms with Gasteiger partial charge in [0.25, 0.3) is 10.0 Å². The maximum Gasteiger partial charge on any atom is 0.264 e. The molecule has 1 aliphatic rings. The maximum absolute atomic E-state index is 14.3. The van der Waals surface area contributed by atoms with Crippen LogP contribution >= 0.6 is 34.8 Å². The number of nitrogens with zero attached hydrogens (tertiary/aromatic N) is 2. The third-order valence-electron chi connectivity index (χ3n) is 7.68. The van der Waals surface area contributed by atoms with Crippen LogP contribution in [0.3, 0.4) is 0 Å². The number of benzene rings is 3. The van der Waals surface area contributed by atoms with Crippen LogP contribution in [-0.4, -0.2) is 43.8 Å². The predicted octanol–water partition coefficient (Wildman–Crippen LogP) is 7.41. The zero-order valence-corrected chi connectivity index (χ0v) is 27.3. The zero-order chi connectivity index (χ0) is 31.1. The minimum Gasteiger partial charge on any atom is -0.352 e. The molecule has 1 N–H and O–H groups in total. The molecule has 0 heterocycles. The van der Waals surface area contributed by atoms with E-state index in [0.29, 0.717) is 22.0 Å². The number of hydrogen-bond acceptors (Lipinski definition) is 4. The number of halogens is 3. The summed E-state index contributed by atoms with van der Waals surface area (Å²) >= 11 is 18.9. The first-order valence-corrected chi connectivity index (χ1v) is 17.0. The van der Waals surface area contributed by atoms with E-state index in [1.54, 1.807) is 54.6 Å². The predicted molar refractivity (Wildman–Crippen MR) is 173 cm³/mol. The average Bonchev–Trinajstić information content (AvgIpc) is 2.98. The Morgan fingerprint density at radius 3 is 2.21 bits per heavy atom. The van der Waals surface area contributed by atoms with Crippen LogP contribution in [0.25, 0.3) is 0 Å². The Morgan fingerprint density at radius 2 is 1.58 bits per heavy atom. The number of anilines is 1. The summed E-state index contributed by atoms with van der Waals surface area (Å²) in [6.07, 6.45) is 5.31. The van der Waals surface area contributed by atoms with E-state index >= 15 is 0 Å². The fourth-order valence-corrected chi connectivity index (χ4v) is 7.34.